The molecule has 4 aromatic heterocycles. The molecule has 0 aliphatic carbocycles. The summed E-state index contributed by atoms with van der Waals surface area (Å²) in [5.74, 6) is 14.3. The summed E-state index contributed by atoms with van der Waals surface area (Å²) < 4.78 is 44.7. The van der Waals surface area contributed by atoms with Crippen LogP contribution in [0.5, 0.6) is 0 Å². The van der Waals surface area contributed by atoms with E-state index in [0.717, 1.165) is 105 Å². The molecule has 139 heavy (non-hydrogen) atoms. The summed E-state index contributed by atoms with van der Waals surface area (Å²) in [6.07, 6.45) is 7.30. The standard InChI is InChI=1S/C54H79N9O8Si2.C44H53N9O8.C2H3ClO2/c1-37(2)47(58-53(66)68-5)51(64)61-26-13-14-44(61)49-56-33-45(63(49)36-71-29-31-73(10,11)12)42-23-19-40(20-24-42)16-15-39-17-21-41(22-18-39)43-34-60(35-70-28-30-72(7,8)9)50(57-43)46-32-55-25-27-62(46)52(65)48(38(3)4)59-54(67)69-6;1-26(2)36(49-42(56)59-5)40(54)52-20-8-9-34(52)38-45-23-32(47-38)30-16-12-28(13-17-30)10-11-29-14-18-31(19-15-29)33-24-46-39(48-33)35-25-51(44(58)61-7)21-22-53(35)41(55)37(27(3)4)50-43(57)60-6;1-5-2(3)4/h17-24,33-34,37-38,44,46-48,55H,13-14,25-32,35-36H2,1-12H3,(H,58,66)(H,59,67);12-19,23-24,26-27,34-37H,8-9,20-22,25H2,1-7H3,(H,45,47)(H,46,48)(H,49,56)(H,50,57);1H3/t44-,46-,47-,48-;34-,35-,36-,37-;/m00./s1. The van der Waals surface area contributed by atoms with E-state index in [2.05, 4.69) is 130 Å². The van der Waals surface area contributed by atoms with Crippen molar-refractivity contribution in [1.29, 1.82) is 0 Å². The lowest BCUT2D eigenvalue weighted by Crippen LogP contribution is -2.58. The molecule has 9 amide bonds. The fraction of sp³-hybridized carbons (Fsp3) is 0.500. The van der Waals surface area contributed by atoms with E-state index in [1.807, 2.05) is 179 Å². The first-order chi connectivity index (χ1) is 66.2. The maximum Gasteiger partial charge on any atom is 0.409 e. The van der Waals surface area contributed by atoms with E-state index in [0.29, 0.717) is 69.1 Å². The summed E-state index contributed by atoms with van der Waals surface area (Å²) in [6, 6.07) is 29.0. The van der Waals surface area contributed by atoms with Crippen LogP contribution in [-0.4, -0.2) is 272 Å². The van der Waals surface area contributed by atoms with Crippen molar-refractivity contribution >= 4 is 87.3 Å². The Labute approximate surface area is 820 Å². The molecule has 0 radical (unpaired) electrons. The maximum absolute atomic E-state index is 14.2. The Bertz CT molecular complexity index is 5630. The normalized spacial score (nSPS) is 16.8. The summed E-state index contributed by atoms with van der Waals surface area (Å²) in [4.78, 5) is 161. The van der Waals surface area contributed by atoms with Crippen molar-refractivity contribution in [2.24, 2.45) is 23.7 Å². The minimum absolute atomic E-state index is 0.121. The summed E-state index contributed by atoms with van der Waals surface area (Å²) in [5, 5.41) is 14.3. The Balaban J connectivity index is 0.000000277. The Morgan fingerprint density at radius 3 is 1.22 bits per heavy atom. The van der Waals surface area contributed by atoms with Gasteiger partial charge in [-0.2, -0.15) is 0 Å². The lowest BCUT2D eigenvalue weighted by molar-refractivity contribution is -0.140. The summed E-state index contributed by atoms with van der Waals surface area (Å²) in [7, 11) is 4.96. The van der Waals surface area contributed by atoms with Crippen molar-refractivity contribution in [3.8, 4) is 68.7 Å². The van der Waals surface area contributed by atoms with Crippen LogP contribution in [-0.2, 0) is 70.5 Å². The third-order valence-corrected chi connectivity index (χ3v) is 28.0. The maximum atomic E-state index is 14.2. The first-order valence-corrected chi connectivity index (χ1v) is 54.8. The van der Waals surface area contributed by atoms with Gasteiger partial charge in [0, 0.05) is 121 Å². The molecule has 4 saturated heterocycles. The van der Waals surface area contributed by atoms with Gasteiger partial charge in [-0.05, 0) is 127 Å². The van der Waals surface area contributed by atoms with Crippen LogP contribution in [0.2, 0.25) is 51.4 Å². The number of rotatable bonds is 30. The van der Waals surface area contributed by atoms with Gasteiger partial charge >= 0.3 is 35.9 Å². The van der Waals surface area contributed by atoms with Crippen molar-refractivity contribution in [3.05, 3.63) is 167 Å². The number of hydrogen-bond donors (Lipinski definition) is 7. The highest BCUT2D eigenvalue weighted by Crippen LogP contribution is 2.38. The van der Waals surface area contributed by atoms with E-state index in [-0.39, 0.29) is 92.5 Å². The van der Waals surface area contributed by atoms with Crippen LogP contribution in [0.1, 0.15) is 151 Å². The zero-order chi connectivity index (χ0) is 101. The predicted octanol–water partition coefficient (Wildman–Crippen LogP) is 14.6. The Morgan fingerprint density at radius 1 is 0.439 bits per heavy atom. The van der Waals surface area contributed by atoms with Gasteiger partial charge in [-0.3, -0.25) is 19.2 Å². The number of aromatic amines is 2. The van der Waals surface area contributed by atoms with Crippen LogP contribution in [0.3, 0.4) is 0 Å². The van der Waals surface area contributed by atoms with Gasteiger partial charge in [0.1, 0.15) is 73.0 Å². The molecule has 0 spiro atoms. The topological polar surface area (TPSA) is 414 Å². The predicted molar refractivity (Wildman–Crippen MR) is 532 cm³/mol. The number of carbonyl (C=O) groups excluding carboxylic acids is 10. The first-order valence-electron chi connectivity index (χ1n) is 47.0. The van der Waals surface area contributed by atoms with E-state index >= 15 is 0 Å². The molecule has 748 valence electrons. The summed E-state index contributed by atoms with van der Waals surface area (Å²) >= 11 is 4.60. The van der Waals surface area contributed by atoms with Gasteiger partial charge in [-0.15, -0.1) is 0 Å². The van der Waals surface area contributed by atoms with Crippen molar-refractivity contribution < 1.29 is 85.8 Å². The summed E-state index contributed by atoms with van der Waals surface area (Å²) in [5.41, 5.74) is 9.30. The largest absolute Gasteiger partial charge is 0.457 e. The number of carbonyl (C=O) groups is 10. The molecule has 0 unspecified atom stereocenters. The monoisotopic (exact) mass is 1970 g/mol. The van der Waals surface area contributed by atoms with Crippen molar-refractivity contribution in [3.63, 3.8) is 0 Å². The van der Waals surface area contributed by atoms with Crippen LogP contribution in [0.15, 0.2) is 122 Å². The number of piperazine rings is 2. The van der Waals surface area contributed by atoms with Crippen molar-refractivity contribution in [2.45, 2.75) is 194 Å². The van der Waals surface area contributed by atoms with Crippen LogP contribution in [0.25, 0.3) is 45.0 Å². The second-order valence-electron chi connectivity index (χ2n) is 38.2. The molecule has 0 saturated carbocycles. The Morgan fingerprint density at radius 2 is 0.820 bits per heavy atom. The van der Waals surface area contributed by atoms with E-state index < -0.39 is 88.3 Å². The van der Waals surface area contributed by atoms with Gasteiger partial charge in [-0.1, -0.05) is 167 Å². The molecule has 36 nitrogen and oxygen atoms in total. The third kappa shape index (κ3) is 29.8. The first kappa shape index (κ1) is 108. The van der Waals surface area contributed by atoms with E-state index in [9.17, 15) is 47.9 Å². The molecule has 4 aliphatic rings. The Hall–Kier alpha value is -12.9. The third-order valence-electron chi connectivity index (χ3n) is 24.4. The number of nitrogens with zero attached hydrogens (tertiary/aromatic N) is 11. The number of likely N-dealkylation sites (tertiary alicyclic amines) is 2. The van der Waals surface area contributed by atoms with Gasteiger partial charge in [0.2, 0.25) is 23.6 Å². The number of imidazole rings is 4. The van der Waals surface area contributed by atoms with Gasteiger partial charge in [0.05, 0.1) is 103 Å². The van der Waals surface area contributed by atoms with Crippen LogP contribution < -0.4 is 26.6 Å². The fourth-order valence-corrected chi connectivity index (χ4v) is 18.0. The number of halogens is 1. The molecule has 4 aliphatic heterocycles. The molecule has 39 heteroatoms. The highest BCUT2D eigenvalue weighted by Gasteiger charge is 2.44. The number of ether oxygens (including phenoxy) is 8. The van der Waals surface area contributed by atoms with Crippen LogP contribution in [0.4, 0.5) is 28.8 Å². The highest BCUT2D eigenvalue weighted by molar-refractivity contribution is 6.76. The molecule has 4 fully saturated rings. The number of aromatic nitrogens is 8. The molecule has 8 heterocycles. The number of methoxy groups -OCH3 is 6. The number of amides is 9. The molecule has 0 bridgehead atoms. The molecule has 8 aromatic rings. The molecule has 8 atom stereocenters. The molecule has 7 N–H and O–H groups in total. The zero-order valence-corrected chi connectivity index (χ0v) is 86.1. The van der Waals surface area contributed by atoms with Crippen molar-refractivity contribution in [1.82, 2.24) is 90.1 Å². The van der Waals surface area contributed by atoms with Gasteiger partial charge in [0.15, 0.2) is 0 Å². The lowest BCUT2D eigenvalue weighted by atomic mass is 10.0. The van der Waals surface area contributed by atoms with E-state index in [1.165, 1.54) is 47.6 Å². The van der Waals surface area contributed by atoms with Gasteiger partial charge in [0.25, 0.3) is 0 Å². The van der Waals surface area contributed by atoms with E-state index in [4.69, 9.17) is 43.1 Å². The average molecular weight is 1970 g/mol. The second kappa shape index (κ2) is 50.6. The van der Waals surface area contributed by atoms with Gasteiger partial charge < -0.3 is 108 Å². The summed E-state index contributed by atoms with van der Waals surface area (Å²) in [6.45, 7) is 34.2. The number of benzene rings is 4. The quantitative estimate of drug-likeness (QED) is 0.00723. The fourth-order valence-electron chi connectivity index (χ4n) is 16.4. The molecular formula is C100H135ClN18O18Si2. The van der Waals surface area contributed by atoms with Crippen LogP contribution in [0, 0.1) is 47.4 Å². The molecule has 4 aromatic carbocycles. The number of nitrogens with one attached hydrogen (secondary N) is 7. The SMILES string of the molecule is COC(=O)Cl.COC(=O)N[C@H](C(=O)N1CCC[C@H]1c1ncc(-c2ccc(C#Cc3ccc(-c4cnc([C@@H]5CN(C(=O)OC)CCN5C(=O)[C@@H](NC(=O)OC)C(C)C)[nH]4)cc3)cc2)[nH]1)C(C)C.COC(=O)N[C@H](C(=O)N1CCNC[C@H]1c1nc(-c2ccc(C#Cc3ccc(-c4cnc([C@@H]5CCCN5C(=O)[C@@H](NC(=O)OC)C(C)C)n4COCC[Si](C)(C)C)cc3)cc2)cn1COCC[Si](C)(C)C)C(C)C. The number of alkyl carbamates (subject to hydrolysis) is 4. The minimum Gasteiger partial charge on any atom is -0.457 e. The molecular weight excluding hydrogens is 1830 g/mol. The number of H-pyrrole nitrogens is 2. The van der Waals surface area contributed by atoms with Gasteiger partial charge in [-0.25, -0.2) is 48.7 Å². The zero-order valence-electron chi connectivity index (χ0n) is 83.3. The van der Waals surface area contributed by atoms with E-state index in [1.54, 1.807) is 22.2 Å². The smallest absolute Gasteiger partial charge is 0.409 e. The Kier molecular flexibility index (Phi) is 39.4. The number of hydrogen-bond acceptors (Lipinski definition) is 23. The second-order valence-corrected chi connectivity index (χ2v) is 49.8. The van der Waals surface area contributed by atoms with Crippen molar-refractivity contribution in [2.75, 3.05) is 108 Å². The van der Waals surface area contributed by atoms with Crippen LogP contribution >= 0.6 is 11.6 Å². The highest BCUT2D eigenvalue weighted by atomic mass is 35.5. The lowest BCUT2D eigenvalue weighted by Gasteiger charge is -2.41. The molecule has 12 rings (SSSR count). The minimum atomic E-state index is -1.34. The average Bonchev–Trinajstić information content (AvgIpc) is 1.58.